The molecule has 0 aliphatic rings. The van der Waals surface area contributed by atoms with E-state index < -0.39 is 16.1 Å². The van der Waals surface area contributed by atoms with E-state index in [1.54, 1.807) is 6.92 Å². The van der Waals surface area contributed by atoms with Crippen LogP contribution in [0.2, 0.25) is 0 Å². The Morgan fingerprint density at radius 1 is 1.32 bits per heavy atom. The van der Waals surface area contributed by atoms with Gasteiger partial charge in [-0.15, -0.1) is 0 Å². The molecule has 3 N–H and O–H groups in total. The molecule has 6 nitrogen and oxygen atoms in total. The van der Waals surface area contributed by atoms with Crippen LogP contribution in [0.25, 0.3) is 0 Å². The summed E-state index contributed by atoms with van der Waals surface area (Å²) in [5.74, 6) is -0.222. The van der Waals surface area contributed by atoms with Gasteiger partial charge in [-0.05, 0) is 30.7 Å². The lowest BCUT2D eigenvalue weighted by Gasteiger charge is -2.14. The molecule has 1 rings (SSSR count). The molecule has 0 aliphatic heterocycles. The van der Waals surface area contributed by atoms with Gasteiger partial charge < -0.3 is 10.4 Å². The first-order valence-electron chi connectivity index (χ1n) is 5.90. The number of sulfonamides is 1. The van der Waals surface area contributed by atoms with E-state index in [0.717, 1.165) is 0 Å². The molecule has 0 radical (unpaired) electrons. The van der Waals surface area contributed by atoms with Gasteiger partial charge in [0.15, 0.2) is 0 Å². The van der Waals surface area contributed by atoms with Crippen LogP contribution in [0, 0.1) is 0 Å². The Morgan fingerprint density at radius 2 is 1.89 bits per heavy atom. The van der Waals surface area contributed by atoms with Crippen molar-refractivity contribution in [1.29, 1.82) is 0 Å². The standard InChI is InChI=1S/C12H18N2O4S/c1-3-10(8-15)14-19(17,18)12-6-4-11(5-7-12)13-9(2)16/h4-7,10,14-15H,3,8H2,1-2H3,(H,13,16)/t10-/m1/s1. The maximum absolute atomic E-state index is 12.0. The Labute approximate surface area is 112 Å². The van der Waals surface area contributed by atoms with Crippen molar-refractivity contribution in [2.24, 2.45) is 0 Å². The first-order chi connectivity index (χ1) is 8.89. The highest BCUT2D eigenvalue weighted by Gasteiger charge is 2.18. The van der Waals surface area contributed by atoms with Gasteiger partial charge >= 0.3 is 0 Å². The van der Waals surface area contributed by atoms with Crippen molar-refractivity contribution in [3.63, 3.8) is 0 Å². The topological polar surface area (TPSA) is 95.5 Å². The summed E-state index contributed by atoms with van der Waals surface area (Å²) in [6.07, 6.45) is 0.500. The summed E-state index contributed by atoms with van der Waals surface area (Å²) >= 11 is 0. The van der Waals surface area contributed by atoms with Crippen LogP contribution in [0.15, 0.2) is 29.2 Å². The fraction of sp³-hybridized carbons (Fsp3) is 0.417. The van der Waals surface area contributed by atoms with E-state index in [4.69, 9.17) is 5.11 Å². The van der Waals surface area contributed by atoms with E-state index in [9.17, 15) is 13.2 Å². The average molecular weight is 286 g/mol. The minimum absolute atomic E-state index is 0.0912. The van der Waals surface area contributed by atoms with Crippen LogP contribution in [-0.4, -0.2) is 32.1 Å². The number of benzene rings is 1. The van der Waals surface area contributed by atoms with Crippen molar-refractivity contribution < 1.29 is 18.3 Å². The van der Waals surface area contributed by atoms with Gasteiger partial charge in [0, 0.05) is 18.7 Å². The fourth-order valence-corrected chi connectivity index (χ4v) is 2.77. The van der Waals surface area contributed by atoms with Crippen LogP contribution in [0.4, 0.5) is 5.69 Å². The van der Waals surface area contributed by atoms with Gasteiger partial charge in [0.2, 0.25) is 15.9 Å². The highest BCUT2D eigenvalue weighted by molar-refractivity contribution is 7.89. The van der Waals surface area contributed by atoms with Crippen molar-refractivity contribution in [1.82, 2.24) is 4.72 Å². The molecule has 1 amide bonds. The van der Waals surface area contributed by atoms with Crippen LogP contribution in [0.5, 0.6) is 0 Å². The molecular weight excluding hydrogens is 268 g/mol. The smallest absolute Gasteiger partial charge is 0.240 e. The largest absolute Gasteiger partial charge is 0.395 e. The summed E-state index contributed by atoms with van der Waals surface area (Å²) in [5, 5.41) is 11.6. The molecule has 19 heavy (non-hydrogen) atoms. The van der Waals surface area contributed by atoms with E-state index in [0.29, 0.717) is 12.1 Å². The number of hydrogen-bond acceptors (Lipinski definition) is 4. The molecule has 1 aromatic rings. The van der Waals surface area contributed by atoms with Gasteiger partial charge in [-0.25, -0.2) is 13.1 Å². The van der Waals surface area contributed by atoms with Gasteiger partial charge in [-0.1, -0.05) is 6.92 Å². The van der Waals surface area contributed by atoms with Crippen LogP contribution in [0.1, 0.15) is 20.3 Å². The quantitative estimate of drug-likeness (QED) is 0.717. The average Bonchev–Trinajstić information content (AvgIpc) is 2.36. The molecule has 0 bridgehead atoms. The molecule has 0 aliphatic carbocycles. The van der Waals surface area contributed by atoms with Crippen LogP contribution in [0.3, 0.4) is 0 Å². The third-order valence-electron chi connectivity index (χ3n) is 2.52. The van der Waals surface area contributed by atoms with Crippen LogP contribution < -0.4 is 10.0 Å². The second-order valence-electron chi connectivity index (χ2n) is 4.11. The predicted molar refractivity (Wildman–Crippen MR) is 72.2 cm³/mol. The lowest BCUT2D eigenvalue weighted by molar-refractivity contribution is -0.114. The minimum Gasteiger partial charge on any atom is -0.395 e. The molecule has 106 valence electrons. The van der Waals surface area contributed by atoms with E-state index in [2.05, 4.69) is 10.0 Å². The Hall–Kier alpha value is -1.44. The molecule has 0 unspecified atom stereocenters. The van der Waals surface area contributed by atoms with Gasteiger partial charge in [0.25, 0.3) is 0 Å². The second kappa shape index (κ2) is 6.65. The first kappa shape index (κ1) is 15.6. The van der Waals surface area contributed by atoms with Gasteiger partial charge in [0.1, 0.15) is 0 Å². The van der Waals surface area contributed by atoms with E-state index >= 15 is 0 Å². The summed E-state index contributed by atoms with van der Waals surface area (Å²) in [7, 11) is -3.65. The zero-order chi connectivity index (χ0) is 14.5. The molecule has 7 heteroatoms. The SMILES string of the molecule is CC[C@H](CO)NS(=O)(=O)c1ccc(NC(C)=O)cc1. The third kappa shape index (κ3) is 4.62. The number of anilines is 1. The summed E-state index contributed by atoms with van der Waals surface area (Å²) < 4.78 is 26.4. The van der Waals surface area contributed by atoms with E-state index in [1.165, 1.54) is 31.2 Å². The van der Waals surface area contributed by atoms with Crippen molar-refractivity contribution in [3.05, 3.63) is 24.3 Å². The molecule has 0 saturated carbocycles. The van der Waals surface area contributed by atoms with Crippen molar-refractivity contribution in [2.75, 3.05) is 11.9 Å². The number of hydrogen-bond donors (Lipinski definition) is 3. The maximum atomic E-state index is 12.0. The lowest BCUT2D eigenvalue weighted by atomic mass is 10.3. The molecule has 0 fully saturated rings. The zero-order valence-electron chi connectivity index (χ0n) is 10.9. The summed E-state index contributed by atoms with van der Waals surface area (Å²) in [4.78, 5) is 10.9. The highest BCUT2D eigenvalue weighted by atomic mass is 32.2. The number of carbonyl (C=O) groups excluding carboxylic acids is 1. The van der Waals surface area contributed by atoms with Crippen molar-refractivity contribution >= 4 is 21.6 Å². The van der Waals surface area contributed by atoms with Gasteiger partial charge in [-0.3, -0.25) is 4.79 Å². The monoisotopic (exact) mass is 286 g/mol. The number of carbonyl (C=O) groups is 1. The molecule has 1 aromatic carbocycles. The van der Waals surface area contributed by atoms with Crippen LogP contribution >= 0.6 is 0 Å². The fourth-order valence-electron chi connectivity index (χ4n) is 1.46. The molecule has 0 aromatic heterocycles. The molecule has 0 heterocycles. The van der Waals surface area contributed by atoms with Crippen molar-refractivity contribution in [3.8, 4) is 0 Å². The number of nitrogens with one attached hydrogen (secondary N) is 2. The molecular formula is C12H18N2O4S. The summed E-state index contributed by atoms with van der Waals surface area (Å²) in [6.45, 7) is 2.91. The second-order valence-corrected chi connectivity index (χ2v) is 5.83. The number of aliphatic hydroxyl groups excluding tert-OH is 1. The molecule has 1 atom stereocenters. The number of amides is 1. The number of rotatable bonds is 6. The lowest BCUT2D eigenvalue weighted by Crippen LogP contribution is -2.36. The van der Waals surface area contributed by atoms with Crippen molar-refractivity contribution in [2.45, 2.75) is 31.2 Å². The zero-order valence-corrected chi connectivity index (χ0v) is 11.7. The third-order valence-corrected chi connectivity index (χ3v) is 4.06. The van der Waals surface area contributed by atoms with E-state index in [1.807, 2.05) is 0 Å². The first-order valence-corrected chi connectivity index (χ1v) is 7.38. The molecule has 0 spiro atoms. The number of aliphatic hydroxyl groups is 1. The summed E-state index contributed by atoms with van der Waals surface area (Å²) in [6, 6.07) is 5.32. The van der Waals surface area contributed by atoms with E-state index in [-0.39, 0.29) is 17.4 Å². The van der Waals surface area contributed by atoms with Gasteiger partial charge in [0.05, 0.1) is 11.5 Å². The Balaban J connectivity index is 2.87. The normalized spacial score (nSPS) is 13.0. The maximum Gasteiger partial charge on any atom is 0.240 e. The molecule has 0 saturated heterocycles. The Morgan fingerprint density at radius 3 is 2.32 bits per heavy atom. The minimum atomic E-state index is -3.65. The summed E-state index contributed by atoms with van der Waals surface area (Å²) in [5.41, 5.74) is 0.528. The van der Waals surface area contributed by atoms with Crippen LogP contribution in [-0.2, 0) is 14.8 Å². The highest BCUT2D eigenvalue weighted by Crippen LogP contribution is 2.14. The van der Waals surface area contributed by atoms with Gasteiger partial charge in [-0.2, -0.15) is 0 Å². The Bertz CT molecular complexity index is 521. The Kier molecular flexibility index (Phi) is 5.46. The predicted octanol–water partition coefficient (Wildman–Crippen LogP) is 0.694.